The third-order valence-corrected chi connectivity index (χ3v) is 5.77. The molecule has 1 aliphatic rings. The standard InChI is InChI=1S/C18H22F3N3OS/c1-2-3-10-24-14-8-7-12(18(19,20)21)11-13(14)23-17(24)26-15-6-4-5-9-22-16(15)25/h7-8,11,15H,2-6,9-10H2,1H3,(H,22,25)/t15-/m1/s1. The van der Waals surface area contributed by atoms with Gasteiger partial charge in [0.15, 0.2) is 5.16 Å². The molecule has 1 aliphatic heterocycles. The lowest BCUT2D eigenvalue weighted by Crippen LogP contribution is -2.30. The molecule has 2 heterocycles. The molecule has 26 heavy (non-hydrogen) atoms. The Kier molecular flexibility index (Phi) is 5.79. The van der Waals surface area contributed by atoms with Crippen molar-refractivity contribution in [1.29, 1.82) is 0 Å². The summed E-state index contributed by atoms with van der Waals surface area (Å²) in [6.07, 6.45) is 0.121. The van der Waals surface area contributed by atoms with Crippen LogP contribution in [-0.2, 0) is 17.5 Å². The SMILES string of the molecule is CCCCn1c(S[C@@H]2CCCCNC2=O)nc2cc(C(F)(F)F)ccc21. The fourth-order valence-corrected chi connectivity index (χ4v) is 4.25. The van der Waals surface area contributed by atoms with E-state index in [0.717, 1.165) is 44.2 Å². The number of hydrogen-bond acceptors (Lipinski definition) is 3. The van der Waals surface area contributed by atoms with Gasteiger partial charge in [0.25, 0.3) is 0 Å². The van der Waals surface area contributed by atoms with Gasteiger partial charge in [0.1, 0.15) is 0 Å². The number of hydrogen-bond donors (Lipinski definition) is 1. The molecule has 0 spiro atoms. The molecule has 1 atom stereocenters. The summed E-state index contributed by atoms with van der Waals surface area (Å²) < 4.78 is 41.0. The molecule has 0 radical (unpaired) electrons. The summed E-state index contributed by atoms with van der Waals surface area (Å²) in [6.45, 7) is 3.42. The fourth-order valence-electron chi connectivity index (χ4n) is 3.06. The molecule has 1 saturated heterocycles. The molecule has 1 N–H and O–H groups in total. The van der Waals surface area contributed by atoms with E-state index in [1.165, 1.54) is 17.8 Å². The Morgan fingerprint density at radius 2 is 2.15 bits per heavy atom. The van der Waals surface area contributed by atoms with Crippen LogP contribution in [0.2, 0.25) is 0 Å². The van der Waals surface area contributed by atoms with Crippen molar-refractivity contribution in [3.05, 3.63) is 23.8 Å². The Bertz CT molecular complexity index is 788. The first-order chi connectivity index (χ1) is 12.4. The highest BCUT2D eigenvalue weighted by Gasteiger charge is 2.31. The van der Waals surface area contributed by atoms with Gasteiger partial charge in [-0.3, -0.25) is 4.79 Å². The molecule has 142 valence electrons. The first-order valence-electron chi connectivity index (χ1n) is 8.92. The van der Waals surface area contributed by atoms with Crippen molar-refractivity contribution in [3.8, 4) is 0 Å². The zero-order valence-electron chi connectivity index (χ0n) is 14.6. The zero-order valence-corrected chi connectivity index (χ0v) is 15.4. The molecule has 1 amide bonds. The number of unbranched alkanes of at least 4 members (excludes halogenated alkanes) is 1. The lowest BCUT2D eigenvalue weighted by atomic mass is 10.2. The summed E-state index contributed by atoms with van der Waals surface area (Å²) in [5.41, 5.74) is 0.310. The van der Waals surface area contributed by atoms with Crippen molar-refractivity contribution < 1.29 is 18.0 Å². The molecule has 0 bridgehead atoms. The fraction of sp³-hybridized carbons (Fsp3) is 0.556. The Balaban J connectivity index is 1.97. The summed E-state index contributed by atoms with van der Waals surface area (Å²) in [5.74, 6) is -0.0161. The van der Waals surface area contributed by atoms with E-state index in [9.17, 15) is 18.0 Å². The second kappa shape index (κ2) is 7.90. The van der Waals surface area contributed by atoms with Crippen molar-refractivity contribution in [2.24, 2.45) is 0 Å². The second-order valence-corrected chi connectivity index (χ2v) is 7.66. The normalized spacial score (nSPS) is 18.8. The van der Waals surface area contributed by atoms with Crippen molar-refractivity contribution in [3.63, 3.8) is 0 Å². The highest BCUT2D eigenvalue weighted by atomic mass is 32.2. The molecule has 3 rings (SSSR count). The summed E-state index contributed by atoms with van der Waals surface area (Å²) in [7, 11) is 0. The molecule has 4 nitrogen and oxygen atoms in total. The van der Waals surface area contributed by atoms with E-state index in [1.807, 2.05) is 4.57 Å². The van der Waals surface area contributed by atoms with Crippen molar-refractivity contribution in [2.45, 2.75) is 62.2 Å². The highest BCUT2D eigenvalue weighted by molar-refractivity contribution is 8.00. The van der Waals surface area contributed by atoms with Gasteiger partial charge in [-0.15, -0.1) is 0 Å². The Hall–Kier alpha value is -1.70. The minimum atomic E-state index is -4.39. The average molecular weight is 385 g/mol. The Labute approximate surface area is 154 Å². The van der Waals surface area contributed by atoms with Gasteiger partial charge in [0.2, 0.25) is 5.91 Å². The molecule has 2 aromatic rings. The minimum Gasteiger partial charge on any atom is -0.355 e. The molecule has 0 unspecified atom stereocenters. The lowest BCUT2D eigenvalue weighted by molar-refractivity contribution is -0.137. The van der Waals surface area contributed by atoms with Crippen molar-refractivity contribution >= 4 is 28.7 Å². The molecule has 0 aliphatic carbocycles. The summed E-state index contributed by atoms with van der Waals surface area (Å²) in [5, 5.41) is 3.26. The number of imidazole rings is 1. The molecule has 1 aromatic heterocycles. The number of carbonyl (C=O) groups is 1. The predicted octanol–water partition coefficient (Wildman–Crippen LogP) is 4.62. The van der Waals surface area contributed by atoms with E-state index in [2.05, 4.69) is 17.2 Å². The number of halogens is 3. The molecule has 8 heteroatoms. The third-order valence-electron chi connectivity index (χ3n) is 4.51. The predicted molar refractivity (Wildman–Crippen MR) is 96.1 cm³/mol. The summed E-state index contributed by atoms with van der Waals surface area (Å²) in [4.78, 5) is 16.7. The number of fused-ring (bicyclic) bond motifs is 1. The van der Waals surface area contributed by atoms with Gasteiger partial charge < -0.3 is 9.88 Å². The number of aryl methyl sites for hydroxylation is 1. The summed E-state index contributed by atoms with van der Waals surface area (Å²) in [6, 6.07) is 3.67. The van der Waals surface area contributed by atoms with E-state index >= 15 is 0 Å². The summed E-state index contributed by atoms with van der Waals surface area (Å²) >= 11 is 1.36. The molecule has 1 fully saturated rings. The van der Waals surface area contributed by atoms with E-state index in [1.54, 1.807) is 0 Å². The average Bonchev–Trinajstić information content (AvgIpc) is 2.80. The minimum absolute atomic E-state index is 0.0161. The van der Waals surface area contributed by atoms with Gasteiger partial charge in [0, 0.05) is 13.1 Å². The maximum absolute atomic E-state index is 13.0. The Morgan fingerprint density at radius 3 is 2.88 bits per heavy atom. The van der Waals surface area contributed by atoms with E-state index in [-0.39, 0.29) is 11.2 Å². The van der Waals surface area contributed by atoms with Crippen LogP contribution in [0.3, 0.4) is 0 Å². The number of aromatic nitrogens is 2. The van der Waals surface area contributed by atoms with Crippen LogP contribution in [0.25, 0.3) is 11.0 Å². The smallest absolute Gasteiger partial charge is 0.355 e. The number of nitrogens with zero attached hydrogens (tertiary/aromatic N) is 2. The van der Waals surface area contributed by atoms with Crippen LogP contribution < -0.4 is 5.32 Å². The van der Waals surface area contributed by atoms with Crippen LogP contribution in [0.1, 0.15) is 44.6 Å². The van der Waals surface area contributed by atoms with Crippen LogP contribution in [0.15, 0.2) is 23.4 Å². The monoisotopic (exact) mass is 385 g/mol. The largest absolute Gasteiger partial charge is 0.416 e. The van der Waals surface area contributed by atoms with Crippen LogP contribution in [0.5, 0.6) is 0 Å². The topological polar surface area (TPSA) is 46.9 Å². The maximum Gasteiger partial charge on any atom is 0.416 e. The molecule has 0 saturated carbocycles. The van der Waals surface area contributed by atoms with Crippen LogP contribution >= 0.6 is 11.8 Å². The van der Waals surface area contributed by atoms with Gasteiger partial charge in [-0.05, 0) is 37.5 Å². The number of carbonyl (C=O) groups excluding carboxylic acids is 1. The first kappa shape index (κ1) is 19.1. The Morgan fingerprint density at radius 1 is 1.35 bits per heavy atom. The van der Waals surface area contributed by atoms with Crippen molar-refractivity contribution in [1.82, 2.24) is 14.9 Å². The number of amides is 1. The quantitative estimate of drug-likeness (QED) is 0.817. The zero-order chi connectivity index (χ0) is 18.7. The van der Waals surface area contributed by atoms with Crippen molar-refractivity contribution in [2.75, 3.05) is 6.54 Å². The van der Waals surface area contributed by atoms with Gasteiger partial charge in [0.05, 0.1) is 21.8 Å². The lowest BCUT2D eigenvalue weighted by Gasteiger charge is -2.14. The first-order valence-corrected chi connectivity index (χ1v) is 9.80. The van der Waals surface area contributed by atoms with Gasteiger partial charge in [-0.25, -0.2) is 4.98 Å². The number of nitrogens with one attached hydrogen (secondary N) is 1. The van der Waals surface area contributed by atoms with E-state index in [0.29, 0.717) is 29.3 Å². The number of rotatable bonds is 5. The second-order valence-electron chi connectivity index (χ2n) is 6.49. The molecular weight excluding hydrogens is 363 g/mol. The highest BCUT2D eigenvalue weighted by Crippen LogP contribution is 2.34. The molecule has 1 aromatic carbocycles. The third kappa shape index (κ3) is 4.16. The van der Waals surface area contributed by atoms with Gasteiger partial charge >= 0.3 is 6.18 Å². The van der Waals surface area contributed by atoms with Crippen LogP contribution in [0.4, 0.5) is 13.2 Å². The number of alkyl halides is 3. The van der Waals surface area contributed by atoms with E-state index in [4.69, 9.17) is 0 Å². The van der Waals surface area contributed by atoms with Crippen LogP contribution in [-0.4, -0.2) is 27.3 Å². The van der Waals surface area contributed by atoms with Gasteiger partial charge in [-0.2, -0.15) is 13.2 Å². The van der Waals surface area contributed by atoms with E-state index < -0.39 is 11.7 Å². The number of benzene rings is 1. The van der Waals surface area contributed by atoms with Crippen LogP contribution in [0, 0.1) is 0 Å². The molecular formula is C18H22F3N3OS. The number of thioether (sulfide) groups is 1. The maximum atomic E-state index is 13.0. The van der Waals surface area contributed by atoms with Gasteiger partial charge in [-0.1, -0.05) is 31.5 Å².